The number of anilines is 1. The first kappa shape index (κ1) is 24.3. The zero-order valence-electron chi connectivity index (χ0n) is 20.2. The average Bonchev–Trinajstić information content (AvgIpc) is 3.37. The monoisotopic (exact) mass is 512 g/mol. The van der Waals surface area contributed by atoms with Crippen molar-refractivity contribution in [3.63, 3.8) is 0 Å². The molecule has 1 fully saturated rings. The molecule has 2 heterocycles. The van der Waals surface area contributed by atoms with E-state index in [1.807, 2.05) is 25.1 Å². The highest BCUT2D eigenvalue weighted by atomic mass is 32.2. The molecule has 0 bridgehead atoms. The van der Waals surface area contributed by atoms with Crippen molar-refractivity contribution in [2.75, 3.05) is 31.1 Å². The molecule has 1 amide bonds. The van der Waals surface area contributed by atoms with Crippen LogP contribution >= 0.6 is 0 Å². The largest absolute Gasteiger partial charge is 0.367 e. The minimum absolute atomic E-state index is 0.119. The van der Waals surface area contributed by atoms with Gasteiger partial charge in [-0.2, -0.15) is 5.26 Å². The molecule has 0 spiro atoms. The second-order valence-electron chi connectivity index (χ2n) is 8.96. The van der Waals surface area contributed by atoms with Crippen molar-refractivity contribution in [3.8, 4) is 6.07 Å². The van der Waals surface area contributed by atoms with Crippen molar-refractivity contribution < 1.29 is 18.0 Å². The van der Waals surface area contributed by atoms with Crippen LogP contribution in [0.5, 0.6) is 0 Å². The molecule has 1 saturated heterocycles. The van der Waals surface area contributed by atoms with Crippen LogP contribution in [0.3, 0.4) is 0 Å². The molecule has 9 heteroatoms. The first-order chi connectivity index (χ1) is 17.8. The first-order valence-corrected chi connectivity index (χ1v) is 13.2. The Labute approximate surface area is 215 Å². The van der Waals surface area contributed by atoms with Crippen LogP contribution in [0.25, 0.3) is 10.9 Å². The number of piperazine rings is 1. The van der Waals surface area contributed by atoms with Gasteiger partial charge in [0, 0.05) is 48.9 Å². The van der Waals surface area contributed by atoms with Gasteiger partial charge in [0.25, 0.3) is 15.9 Å². The van der Waals surface area contributed by atoms with Gasteiger partial charge in [0.2, 0.25) is 0 Å². The molecule has 3 aromatic carbocycles. The summed E-state index contributed by atoms with van der Waals surface area (Å²) in [6.45, 7) is 3.81. The Morgan fingerprint density at radius 2 is 1.68 bits per heavy atom. The molecule has 0 aliphatic carbocycles. The Morgan fingerprint density at radius 1 is 0.973 bits per heavy atom. The number of benzene rings is 3. The average molecular weight is 513 g/mol. The van der Waals surface area contributed by atoms with Crippen LogP contribution in [0.2, 0.25) is 0 Å². The van der Waals surface area contributed by atoms with Crippen LogP contribution in [-0.2, 0) is 10.0 Å². The molecule has 5 rings (SSSR count). The lowest BCUT2D eigenvalue weighted by Gasteiger charge is -2.36. The van der Waals surface area contributed by atoms with Gasteiger partial charge in [-0.15, -0.1) is 0 Å². The van der Waals surface area contributed by atoms with Gasteiger partial charge >= 0.3 is 0 Å². The summed E-state index contributed by atoms with van der Waals surface area (Å²) < 4.78 is 27.9. The van der Waals surface area contributed by atoms with Gasteiger partial charge in [0.05, 0.1) is 21.7 Å². The molecule has 186 valence electrons. The van der Waals surface area contributed by atoms with E-state index in [1.54, 1.807) is 29.2 Å². The van der Waals surface area contributed by atoms with Crippen LogP contribution in [-0.4, -0.2) is 55.7 Å². The predicted octanol–water partition coefficient (Wildman–Crippen LogP) is 3.83. The van der Waals surface area contributed by atoms with Crippen molar-refractivity contribution in [1.82, 2.24) is 8.87 Å². The Morgan fingerprint density at radius 3 is 2.35 bits per heavy atom. The Kier molecular flexibility index (Phi) is 6.27. The number of carbonyl (C=O) groups excluding carboxylic acids is 2. The van der Waals surface area contributed by atoms with Crippen molar-refractivity contribution >= 4 is 38.8 Å². The lowest BCUT2D eigenvalue weighted by atomic mass is 10.0. The van der Waals surface area contributed by atoms with Gasteiger partial charge < -0.3 is 9.80 Å². The van der Waals surface area contributed by atoms with Crippen LogP contribution in [0.1, 0.15) is 31.8 Å². The van der Waals surface area contributed by atoms with E-state index in [2.05, 4.69) is 11.0 Å². The van der Waals surface area contributed by atoms with Crippen LogP contribution in [0, 0.1) is 18.3 Å². The maximum absolute atomic E-state index is 13.6. The number of aldehydes is 1. The molecule has 0 radical (unpaired) electrons. The maximum atomic E-state index is 13.6. The fraction of sp³-hybridized carbons (Fsp3) is 0.179. The number of hydrogen-bond acceptors (Lipinski definition) is 6. The summed E-state index contributed by atoms with van der Waals surface area (Å²) in [6.07, 6.45) is 2.03. The maximum Gasteiger partial charge on any atom is 0.268 e. The van der Waals surface area contributed by atoms with E-state index in [9.17, 15) is 23.3 Å². The highest BCUT2D eigenvalue weighted by molar-refractivity contribution is 7.90. The zero-order valence-corrected chi connectivity index (χ0v) is 21.0. The Hall–Kier alpha value is -4.42. The number of nitrogens with zero attached hydrogens (tertiary/aromatic N) is 4. The SMILES string of the molecule is Cc1ccc(S(=O)(=O)n2ccc3c(C(=O)N4CCN(c5ccccc5C#N)CC4)cc(C=O)cc32)cc1. The fourth-order valence-corrected chi connectivity index (χ4v) is 6.02. The van der Waals surface area contributed by atoms with Gasteiger partial charge in [0.15, 0.2) is 0 Å². The summed E-state index contributed by atoms with van der Waals surface area (Å²) in [7, 11) is -3.93. The normalized spacial score (nSPS) is 13.9. The third kappa shape index (κ3) is 4.36. The second kappa shape index (κ2) is 9.56. The molecular formula is C28H24N4O4S. The zero-order chi connectivity index (χ0) is 26.2. The number of rotatable bonds is 5. The number of nitriles is 1. The molecule has 1 aromatic heterocycles. The summed E-state index contributed by atoms with van der Waals surface area (Å²) in [5, 5.41) is 9.88. The lowest BCUT2D eigenvalue weighted by molar-refractivity contribution is 0.0748. The highest BCUT2D eigenvalue weighted by Crippen LogP contribution is 2.28. The molecule has 0 N–H and O–H groups in total. The van der Waals surface area contributed by atoms with Gasteiger partial charge in [-0.3, -0.25) is 9.59 Å². The molecule has 0 unspecified atom stereocenters. The summed E-state index contributed by atoms with van der Waals surface area (Å²) in [5.41, 5.74) is 3.12. The second-order valence-corrected chi connectivity index (χ2v) is 10.8. The molecule has 1 aliphatic rings. The molecule has 1 aliphatic heterocycles. The first-order valence-electron chi connectivity index (χ1n) is 11.8. The fourth-order valence-electron chi connectivity index (χ4n) is 4.68. The van der Waals surface area contributed by atoms with Crippen LogP contribution < -0.4 is 4.90 Å². The minimum Gasteiger partial charge on any atom is -0.367 e. The van der Waals surface area contributed by atoms with E-state index >= 15 is 0 Å². The van der Waals surface area contributed by atoms with Crippen molar-refractivity contribution in [1.29, 1.82) is 5.26 Å². The number of amides is 1. The van der Waals surface area contributed by atoms with Gasteiger partial charge in [0.1, 0.15) is 12.4 Å². The van der Waals surface area contributed by atoms with Crippen LogP contribution in [0.15, 0.2) is 77.8 Å². The number of fused-ring (bicyclic) bond motifs is 1. The Balaban J connectivity index is 1.47. The van der Waals surface area contributed by atoms with E-state index in [0.717, 1.165) is 15.2 Å². The molecule has 4 aromatic rings. The summed E-state index contributed by atoms with van der Waals surface area (Å²) >= 11 is 0. The van der Waals surface area contributed by atoms with E-state index in [1.165, 1.54) is 30.5 Å². The van der Waals surface area contributed by atoms with E-state index in [-0.39, 0.29) is 27.4 Å². The van der Waals surface area contributed by atoms with Gasteiger partial charge in [-0.25, -0.2) is 12.4 Å². The van der Waals surface area contributed by atoms with E-state index in [0.29, 0.717) is 43.4 Å². The van der Waals surface area contributed by atoms with Crippen molar-refractivity contribution in [3.05, 3.63) is 95.2 Å². The number of aromatic nitrogens is 1. The predicted molar refractivity (Wildman–Crippen MR) is 140 cm³/mol. The molecule has 0 saturated carbocycles. The summed E-state index contributed by atoms with van der Waals surface area (Å²) in [4.78, 5) is 29.2. The lowest BCUT2D eigenvalue weighted by Crippen LogP contribution is -2.49. The van der Waals surface area contributed by atoms with Gasteiger partial charge in [-0.1, -0.05) is 29.8 Å². The molecule has 37 heavy (non-hydrogen) atoms. The quantitative estimate of drug-likeness (QED) is 0.377. The van der Waals surface area contributed by atoms with E-state index < -0.39 is 10.0 Å². The highest BCUT2D eigenvalue weighted by Gasteiger charge is 2.27. The van der Waals surface area contributed by atoms with E-state index in [4.69, 9.17) is 0 Å². The smallest absolute Gasteiger partial charge is 0.268 e. The number of carbonyl (C=O) groups is 2. The van der Waals surface area contributed by atoms with Crippen LogP contribution in [0.4, 0.5) is 5.69 Å². The van der Waals surface area contributed by atoms with Crippen molar-refractivity contribution in [2.24, 2.45) is 0 Å². The molecule has 8 nitrogen and oxygen atoms in total. The molecule has 0 atom stereocenters. The Bertz CT molecular complexity index is 1660. The number of aryl methyl sites for hydroxylation is 1. The van der Waals surface area contributed by atoms with Gasteiger partial charge in [-0.05, 0) is 49.4 Å². The number of para-hydroxylation sites is 1. The third-order valence-corrected chi connectivity index (χ3v) is 8.38. The number of hydrogen-bond donors (Lipinski definition) is 0. The topological polar surface area (TPSA) is 103 Å². The summed E-state index contributed by atoms with van der Waals surface area (Å²) in [6, 6.07) is 20.7. The van der Waals surface area contributed by atoms with Crippen molar-refractivity contribution in [2.45, 2.75) is 11.8 Å². The third-order valence-electron chi connectivity index (χ3n) is 6.67. The minimum atomic E-state index is -3.93. The summed E-state index contributed by atoms with van der Waals surface area (Å²) in [5.74, 6) is -0.271. The molecular weight excluding hydrogens is 488 g/mol. The standard InChI is InChI=1S/C28H24N4O4S/c1-20-6-8-23(9-7-20)37(35,36)32-11-10-24-25(16-21(19-33)17-27(24)32)28(34)31-14-12-30(13-15-31)26-5-3-2-4-22(26)18-29/h2-11,16-17,19H,12-15H2,1H3.